The van der Waals surface area contributed by atoms with Crippen molar-refractivity contribution < 1.29 is 13.9 Å². The first-order chi connectivity index (χ1) is 7.69. The number of hydrogen-bond acceptors (Lipinski definition) is 3. The summed E-state index contributed by atoms with van der Waals surface area (Å²) >= 11 is 0. The van der Waals surface area contributed by atoms with Crippen molar-refractivity contribution in [1.82, 2.24) is 5.32 Å². The molecule has 0 spiro atoms. The molecule has 16 heavy (non-hydrogen) atoms. The highest BCUT2D eigenvalue weighted by molar-refractivity contribution is 5.94. The van der Waals surface area contributed by atoms with E-state index in [9.17, 15) is 9.18 Å². The average molecular weight is 223 g/mol. The number of alkyl halides is 1. The molecule has 0 aliphatic heterocycles. The standard InChI is InChI=1S/C12H14FNO2/c1-3-6-14-11-5-4-10(9(2)15)7-12(11)16-8-13/h1,7,14H,4-6,8H2,2H3. The molecule has 0 aromatic rings. The minimum atomic E-state index is -0.918. The van der Waals surface area contributed by atoms with Crippen LogP contribution in [0.5, 0.6) is 0 Å². The van der Waals surface area contributed by atoms with Crippen molar-refractivity contribution in [2.24, 2.45) is 0 Å². The summed E-state index contributed by atoms with van der Waals surface area (Å²) in [6, 6.07) is 0. The van der Waals surface area contributed by atoms with Crippen LogP contribution >= 0.6 is 0 Å². The van der Waals surface area contributed by atoms with Crippen molar-refractivity contribution in [3.63, 3.8) is 0 Å². The number of carbonyl (C=O) groups is 1. The van der Waals surface area contributed by atoms with Crippen molar-refractivity contribution in [2.45, 2.75) is 19.8 Å². The molecule has 0 atom stereocenters. The van der Waals surface area contributed by atoms with Crippen molar-refractivity contribution >= 4 is 5.78 Å². The van der Waals surface area contributed by atoms with Gasteiger partial charge in [-0.15, -0.1) is 6.42 Å². The van der Waals surface area contributed by atoms with Crippen LogP contribution in [0.3, 0.4) is 0 Å². The smallest absolute Gasteiger partial charge is 0.228 e. The van der Waals surface area contributed by atoms with Gasteiger partial charge in [0.25, 0.3) is 0 Å². The van der Waals surface area contributed by atoms with Crippen LogP contribution in [0.1, 0.15) is 19.8 Å². The number of ether oxygens (including phenoxy) is 1. The molecule has 86 valence electrons. The Morgan fingerprint density at radius 3 is 3.00 bits per heavy atom. The first-order valence-electron chi connectivity index (χ1n) is 4.99. The molecule has 0 amide bonds. The highest BCUT2D eigenvalue weighted by atomic mass is 19.1. The topological polar surface area (TPSA) is 38.3 Å². The first kappa shape index (κ1) is 12.3. The number of allylic oxidation sites excluding steroid dienone is 3. The highest BCUT2D eigenvalue weighted by Crippen LogP contribution is 2.23. The summed E-state index contributed by atoms with van der Waals surface area (Å²) < 4.78 is 17.0. The number of ketones is 1. The van der Waals surface area contributed by atoms with Gasteiger partial charge in [0.2, 0.25) is 6.86 Å². The van der Waals surface area contributed by atoms with Gasteiger partial charge in [-0.05, 0) is 31.4 Å². The van der Waals surface area contributed by atoms with E-state index in [1.807, 2.05) is 0 Å². The lowest BCUT2D eigenvalue weighted by Gasteiger charge is -2.18. The molecule has 1 aliphatic carbocycles. The van der Waals surface area contributed by atoms with Crippen molar-refractivity contribution in [1.29, 1.82) is 0 Å². The SMILES string of the molecule is C#CCNC1=C(OCF)C=C(C(C)=O)CC1. The Labute approximate surface area is 94.4 Å². The van der Waals surface area contributed by atoms with Gasteiger partial charge in [-0.3, -0.25) is 4.79 Å². The second-order valence-corrected chi connectivity index (χ2v) is 3.38. The Bertz CT molecular complexity index is 377. The van der Waals surface area contributed by atoms with Crippen molar-refractivity contribution in [3.8, 4) is 12.3 Å². The van der Waals surface area contributed by atoms with E-state index in [0.29, 0.717) is 30.7 Å². The molecule has 0 aromatic heterocycles. The van der Waals surface area contributed by atoms with Crippen LogP contribution in [0.25, 0.3) is 0 Å². The molecule has 0 bridgehead atoms. The van der Waals surface area contributed by atoms with Crippen molar-refractivity contribution in [3.05, 3.63) is 23.1 Å². The summed E-state index contributed by atoms with van der Waals surface area (Å²) in [7, 11) is 0. The van der Waals surface area contributed by atoms with Gasteiger partial charge < -0.3 is 10.1 Å². The summed E-state index contributed by atoms with van der Waals surface area (Å²) in [6.07, 6.45) is 7.93. The molecule has 1 aliphatic rings. The summed E-state index contributed by atoms with van der Waals surface area (Å²) in [6.45, 7) is 0.925. The second kappa shape index (κ2) is 5.96. The van der Waals surface area contributed by atoms with Crippen LogP contribution in [-0.4, -0.2) is 19.2 Å². The zero-order valence-electron chi connectivity index (χ0n) is 9.18. The Kier molecular flexibility index (Phi) is 4.59. The third-order valence-corrected chi connectivity index (χ3v) is 2.31. The molecule has 4 heteroatoms. The van der Waals surface area contributed by atoms with Gasteiger partial charge in [0.05, 0.1) is 12.2 Å². The maximum atomic E-state index is 12.2. The quantitative estimate of drug-likeness (QED) is 0.720. The van der Waals surface area contributed by atoms with E-state index < -0.39 is 6.86 Å². The number of carbonyl (C=O) groups excluding carboxylic acids is 1. The molecule has 0 aromatic carbocycles. The molecule has 0 unspecified atom stereocenters. The zero-order chi connectivity index (χ0) is 12.0. The van der Waals surface area contributed by atoms with Crippen LogP contribution in [0.2, 0.25) is 0 Å². The molecule has 0 saturated carbocycles. The maximum Gasteiger partial charge on any atom is 0.228 e. The van der Waals surface area contributed by atoms with Gasteiger partial charge in [0, 0.05) is 0 Å². The van der Waals surface area contributed by atoms with E-state index in [1.54, 1.807) is 6.08 Å². The van der Waals surface area contributed by atoms with E-state index in [2.05, 4.69) is 11.2 Å². The normalized spacial score (nSPS) is 15.2. The van der Waals surface area contributed by atoms with Crippen LogP contribution in [0, 0.1) is 12.3 Å². The monoisotopic (exact) mass is 223 g/mol. The van der Waals surface area contributed by atoms with Crippen LogP contribution in [0.15, 0.2) is 23.1 Å². The fourth-order valence-corrected chi connectivity index (χ4v) is 1.50. The molecule has 3 nitrogen and oxygen atoms in total. The lowest BCUT2D eigenvalue weighted by atomic mass is 9.98. The predicted molar refractivity (Wildman–Crippen MR) is 58.9 cm³/mol. The number of hydrogen-bond donors (Lipinski definition) is 1. The Morgan fingerprint density at radius 2 is 2.44 bits per heavy atom. The van der Waals surface area contributed by atoms with E-state index in [-0.39, 0.29) is 5.78 Å². The zero-order valence-corrected chi connectivity index (χ0v) is 9.18. The van der Waals surface area contributed by atoms with Crippen LogP contribution in [-0.2, 0) is 9.53 Å². The number of terminal acetylenes is 1. The van der Waals surface area contributed by atoms with E-state index in [4.69, 9.17) is 11.2 Å². The number of halogens is 1. The largest absolute Gasteiger partial charge is 0.461 e. The summed E-state index contributed by atoms with van der Waals surface area (Å²) in [4.78, 5) is 11.2. The highest BCUT2D eigenvalue weighted by Gasteiger charge is 2.16. The predicted octanol–water partition coefficient (Wildman–Crippen LogP) is 1.67. The van der Waals surface area contributed by atoms with Gasteiger partial charge in [-0.1, -0.05) is 5.92 Å². The number of Topliss-reactive ketones (excluding diaryl/α,β-unsaturated/α-hetero) is 1. The van der Waals surface area contributed by atoms with Crippen molar-refractivity contribution in [2.75, 3.05) is 13.4 Å². The Morgan fingerprint density at radius 1 is 1.69 bits per heavy atom. The third-order valence-electron chi connectivity index (χ3n) is 2.31. The molecule has 0 fully saturated rings. The van der Waals surface area contributed by atoms with Crippen LogP contribution in [0.4, 0.5) is 4.39 Å². The molecule has 0 saturated heterocycles. The van der Waals surface area contributed by atoms with E-state index in [0.717, 1.165) is 5.70 Å². The minimum absolute atomic E-state index is 0.0176. The fourth-order valence-electron chi connectivity index (χ4n) is 1.50. The molecular weight excluding hydrogens is 209 g/mol. The average Bonchev–Trinajstić information content (AvgIpc) is 2.27. The molecule has 1 rings (SSSR count). The maximum absolute atomic E-state index is 12.2. The molecule has 0 radical (unpaired) electrons. The molecule has 1 N–H and O–H groups in total. The summed E-state index contributed by atoms with van der Waals surface area (Å²) in [5.74, 6) is 2.78. The third kappa shape index (κ3) is 3.13. The van der Waals surface area contributed by atoms with E-state index >= 15 is 0 Å². The number of rotatable bonds is 5. The van der Waals surface area contributed by atoms with E-state index in [1.165, 1.54) is 6.92 Å². The Hall–Kier alpha value is -1.76. The van der Waals surface area contributed by atoms with Gasteiger partial charge in [0.1, 0.15) is 5.76 Å². The van der Waals surface area contributed by atoms with Gasteiger partial charge in [0.15, 0.2) is 5.78 Å². The minimum Gasteiger partial charge on any atom is -0.461 e. The van der Waals surface area contributed by atoms with Gasteiger partial charge >= 0.3 is 0 Å². The van der Waals surface area contributed by atoms with Gasteiger partial charge in [-0.2, -0.15) is 0 Å². The fraction of sp³-hybridized carbons (Fsp3) is 0.417. The molecular formula is C12H14FNO2. The number of nitrogens with one attached hydrogen (secondary N) is 1. The second-order valence-electron chi connectivity index (χ2n) is 3.38. The summed E-state index contributed by atoms with van der Waals surface area (Å²) in [5, 5.41) is 2.96. The lowest BCUT2D eigenvalue weighted by Crippen LogP contribution is -2.19. The summed E-state index contributed by atoms with van der Waals surface area (Å²) in [5.41, 5.74) is 1.40. The molecule has 0 heterocycles. The Balaban J connectivity index is 2.87. The first-order valence-corrected chi connectivity index (χ1v) is 4.99. The lowest BCUT2D eigenvalue weighted by molar-refractivity contribution is -0.113. The van der Waals surface area contributed by atoms with Crippen LogP contribution < -0.4 is 5.32 Å². The van der Waals surface area contributed by atoms with Gasteiger partial charge in [-0.25, -0.2) is 4.39 Å².